The summed E-state index contributed by atoms with van der Waals surface area (Å²) in [7, 11) is 0. The first-order valence-corrected chi connectivity index (χ1v) is 9.40. The number of fused-ring (bicyclic) bond motifs is 1. The van der Waals surface area contributed by atoms with Gasteiger partial charge in [0.2, 0.25) is 5.91 Å². The third-order valence-electron chi connectivity index (χ3n) is 4.98. The average Bonchev–Trinajstić information content (AvgIpc) is 3.18. The number of nitrogens with one attached hydrogen (secondary N) is 1. The molecule has 0 saturated heterocycles. The van der Waals surface area contributed by atoms with E-state index in [4.69, 9.17) is 10.5 Å². The molecule has 0 spiro atoms. The Morgan fingerprint density at radius 2 is 2.00 bits per heavy atom. The van der Waals surface area contributed by atoms with Gasteiger partial charge < -0.3 is 15.8 Å². The molecule has 2 heterocycles. The smallest absolute Gasteiger partial charge is 0.294 e. The number of carbonyl (C=O) groups excluding carboxylic acids is 2. The third-order valence-corrected chi connectivity index (χ3v) is 4.98. The number of hydrogen-bond donors (Lipinski definition) is 2. The van der Waals surface area contributed by atoms with E-state index in [0.29, 0.717) is 17.1 Å². The van der Waals surface area contributed by atoms with E-state index in [-0.39, 0.29) is 30.2 Å². The zero-order valence-electron chi connectivity index (χ0n) is 15.4. The van der Waals surface area contributed by atoms with Gasteiger partial charge in [-0.3, -0.25) is 19.5 Å². The van der Waals surface area contributed by atoms with Crippen molar-refractivity contribution in [1.82, 2.24) is 10.3 Å². The number of ether oxygens (including phenoxy) is 1. The standard InChI is InChI=1S/C21H22N4O3/c22-15-5-6-17-18(12-15)28-19(11-14-7-9-23-10-8-14)21(27)25(17)13-20(26)24-16-3-1-2-4-16/h5-12,16H,1-4,13,22H2,(H,24,26)/b19-11+. The molecular weight excluding hydrogens is 356 g/mol. The zero-order chi connectivity index (χ0) is 19.5. The summed E-state index contributed by atoms with van der Waals surface area (Å²) in [5.41, 5.74) is 7.71. The number of amides is 2. The van der Waals surface area contributed by atoms with E-state index < -0.39 is 0 Å². The highest BCUT2D eigenvalue weighted by Gasteiger charge is 2.32. The highest BCUT2D eigenvalue weighted by Crippen LogP contribution is 2.37. The molecule has 3 N–H and O–H groups in total. The Morgan fingerprint density at radius 1 is 1.25 bits per heavy atom. The van der Waals surface area contributed by atoms with Crippen LogP contribution in [0.2, 0.25) is 0 Å². The quantitative estimate of drug-likeness (QED) is 0.629. The molecule has 28 heavy (non-hydrogen) atoms. The number of nitrogen functional groups attached to an aromatic ring is 1. The Kier molecular flexibility index (Phi) is 4.97. The van der Waals surface area contributed by atoms with Gasteiger partial charge in [0.1, 0.15) is 6.54 Å². The molecule has 0 atom stereocenters. The van der Waals surface area contributed by atoms with Crippen molar-refractivity contribution in [3.05, 3.63) is 54.0 Å². The van der Waals surface area contributed by atoms with Crippen LogP contribution in [0.3, 0.4) is 0 Å². The Bertz CT molecular complexity index is 921. The summed E-state index contributed by atoms with van der Waals surface area (Å²) >= 11 is 0. The summed E-state index contributed by atoms with van der Waals surface area (Å²) < 4.78 is 5.81. The molecule has 2 aromatic rings. The largest absolute Gasteiger partial charge is 0.449 e. The first kappa shape index (κ1) is 18.0. The summed E-state index contributed by atoms with van der Waals surface area (Å²) in [6.45, 7) is -0.0662. The maximum atomic E-state index is 13.1. The van der Waals surface area contributed by atoms with Crippen LogP contribution in [0.4, 0.5) is 11.4 Å². The maximum Gasteiger partial charge on any atom is 0.294 e. The number of benzene rings is 1. The van der Waals surface area contributed by atoms with E-state index in [2.05, 4.69) is 10.3 Å². The monoisotopic (exact) mass is 378 g/mol. The number of nitrogens with zero attached hydrogens (tertiary/aromatic N) is 2. The maximum absolute atomic E-state index is 13.1. The lowest BCUT2D eigenvalue weighted by molar-refractivity contribution is -0.123. The first-order valence-electron chi connectivity index (χ1n) is 9.40. The van der Waals surface area contributed by atoms with Crippen LogP contribution >= 0.6 is 0 Å². The van der Waals surface area contributed by atoms with E-state index in [1.165, 1.54) is 4.90 Å². The average molecular weight is 378 g/mol. The fourth-order valence-electron chi connectivity index (χ4n) is 3.59. The molecule has 2 aliphatic rings. The molecule has 0 unspecified atom stereocenters. The van der Waals surface area contributed by atoms with E-state index in [1.54, 1.807) is 48.8 Å². The van der Waals surface area contributed by atoms with E-state index >= 15 is 0 Å². The molecule has 4 rings (SSSR count). The van der Waals surface area contributed by atoms with Crippen LogP contribution in [0, 0.1) is 0 Å². The van der Waals surface area contributed by atoms with Crippen LogP contribution in [0.25, 0.3) is 6.08 Å². The summed E-state index contributed by atoms with van der Waals surface area (Å²) in [5.74, 6) is 0.0513. The normalized spacial score (nSPS) is 18.1. The van der Waals surface area contributed by atoms with Gasteiger partial charge in [0.25, 0.3) is 5.91 Å². The second-order valence-electron chi connectivity index (χ2n) is 7.06. The molecule has 0 radical (unpaired) electrons. The summed E-state index contributed by atoms with van der Waals surface area (Å²) in [6, 6.07) is 8.79. The van der Waals surface area contributed by atoms with Gasteiger partial charge in [0.05, 0.1) is 5.69 Å². The van der Waals surface area contributed by atoms with Crippen molar-refractivity contribution in [2.24, 2.45) is 0 Å². The molecule has 1 saturated carbocycles. The fraction of sp³-hybridized carbons (Fsp3) is 0.286. The molecular formula is C21H22N4O3. The first-order chi connectivity index (χ1) is 13.6. The number of pyridine rings is 1. The molecule has 1 aromatic heterocycles. The van der Waals surface area contributed by atoms with Gasteiger partial charge in [-0.25, -0.2) is 0 Å². The van der Waals surface area contributed by atoms with Gasteiger partial charge >= 0.3 is 0 Å². The van der Waals surface area contributed by atoms with Crippen LogP contribution < -0.4 is 20.7 Å². The molecule has 1 aliphatic carbocycles. The minimum Gasteiger partial charge on any atom is -0.449 e. The SMILES string of the molecule is Nc1ccc2c(c1)O/C(=C/c1ccncc1)C(=O)N2CC(=O)NC1CCCC1. The predicted molar refractivity (Wildman–Crippen MR) is 106 cm³/mol. The lowest BCUT2D eigenvalue weighted by atomic mass is 10.1. The summed E-state index contributed by atoms with van der Waals surface area (Å²) in [5, 5.41) is 3.03. The lowest BCUT2D eigenvalue weighted by Crippen LogP contribution is -2.46. The molecule has 2 amide bonds. The van der Waals surface area contributed by atoms with Crippen LogP contribution in [0.15, 0.2) is 48.5 Å². The van der Waals surface area contributed by atoms with Gasteiger partial charge in [-0.1, -0.05) is 12.8 Å². The van der Waals surface area contributed by atoms with Crippen molar-refractivity contribution in [2.45, 2.75) is 31.7 Å². The number of nitrogens with two attached hydrogens (primary N) is 1. The van der Waals surface area contributed by atoms with Gasteiger partial charge in [-0.15, -0.1) is 0 Å². The molecule has 144 valence electrons. The predicted octanol–water partition coefficient (Wildman–Crippen LogP) is 2.49. The Hall–Kier alpha value is -3.35. The summed E-state index contributed by atoms with van der Waals surface area (Å²) in [6.07, 6.45) is 9.14. The van der Waals surface area contributed by atoms with E-state index in [9.17, 15) is 9.59 Å². The van der Waals surface area contributed by atoms with Gasteiger partial charge in [0, 0.05) is 30.2 Å². The highest BCUT2D eigenvalue weighted by molar-refractivity contribution is 6.12. The minimum absolute atomic E-state index is 0.0662. The van der Waals surface area contributed by atoms with Crippen LogP contribution in [-0.4, -0.2) is 29.4 Å². The van der Waals surface area contributed by atoms with Crippen LogP contribution in [-0.2, 0) is 9.59 Å². The fourth-order valence-corrected chi connectivity index (χ4v) is 3.59. The highest BCUT2D eigenvalue weighted by atomic mass is 16.5. The lowest BCUT2D eigenvalue weighted by Gasteiger charge is -2.30. The number of rotatable bonds is 4. The Morgan fingerprint density at radius 3 is 2.75 bits per heavy atom. The molecule has 7 heteroatoms. The van der Waals surface area contributed by atoms with Crippen molar-refractivity contribution < 1.29 is 14.3 Å². The number of carbonyl (C=O) groups is 2. The Balaban J connectivity index is 1.62. The van der Waals surface area contributed by atoms with Gasteiger partial charge in [-0.2, -0.15) is 0 Å². The zero-order valence-corrected chi connectivity index (χ0v) is 15.4. The van der Waals surface area contributed by atoms with Crippen molar-refractivity contribution in [3.8, 4) is 5.75 Å². The minimum atomic E-state index is -0.365. The third kappa shape index (κ3) is 3.83. The van der Waals surface area contributed by atoms with E-state index in [0.717, 1.165) is 31.2 Å². The van der Waals surface area contributed by atoms with Gasteiger partial charge in [-0.05, 0) is 48.7 Å². The Labute approximate surface area is 163 Å². The van der Waals surface area contributed by atoms with Crippen molar-refractivity contribution >= 4 is 29.3 Å². The van der Waals surface area contributed by atoms with Crippen LogP contribution in [0.5, 0.6) is 5.75 Å². The number of anilines is 2. The molecule has 1 aromatic carbocycles. The molecule has 0 bridgehead atoms. The number of aromatic nitrogens is 1. The second kappa shape index (κ2) is 7.72. The van der Waals surface area contributed by atoms with Crippen LogP contribution in [0.1, 0.15) is 31.2 Å². The number of hydrogen-bond acceptors (Lipinski definition) is 5. The van der Waals surface area contributed by atoms with Crippen molar-refractivity contribution in [3.63, 3.8) is 0 Å². The molecule has 7 nitrogen and oxygen atoms in total. The van der Waals surface area contributed by atoms with Crippen molar-refractivity contribution in [1.29, 1.82) is 0 Å². The van der Waals surface area contributed by atoms with E-state index in [1.807, 2.05) is 0 Å². The van der Waals surface area contributed by atoms with Gasteiger partial charge in [0.15, 0.2) is 11.5 Å². The topological polar surface area (TPSA) is 97.6 Å². The second-order valence-corrected chi connectivity index (χ2v) is 7.06. The molecule has 1 fully saturated rings. The summed E-state index contributed by atoms with van der Waals surface area (Å²) in [4.78, 5) is 31.0. The van der Waals surface area contributed by atoms with Crippen molar-refractivity contribution in [2.75, 3.05) is 17.2 Å². The molecule has 1 aliphatic heterocycles.